The normalized spacial score (nSPS) is 10.8. The lowest BCUT2D eigenvalue weighted by molar-refractivity contribution is 0.184. The number of carbonyl (C=O) groups excluding carboxylic acids is 1. The average molecular weight is 337 g/mol. The summed E-state index contributed by atoms with van der Waals surface area (Å²) in [6, 6.07) is 16.0. The summed E-state index contributed by atoms with van der Waals surface area (Å²) in [4.78, 5) is 15.3. The SMILES string of the molecule is COCc1ccccc1CNC(=O)NCCc1c[nH]c2ccccc12. The molecule has 0 aliphatic heterocycles. The molecule has 0 saturated heterocycles. The molecule has 0 aliphatic rings. The molecule has 0 aliphatic carbocycles. The van der Waals surface area contributed by atoms with Crippen molar-refractivity contribution in [3.63, 3.8) is 0 Å². The highest BCUT2D eigenvalue weighted by atomic mass is 16.5. The first-order valence-electron chi connectivity index (χ1n) is 8.40. The zero-order chi connectivity index (χ0) is 17.5. The minimum Gasteiger partial charge on any atom is -0.380 e. The number of methoxy groups -OCH3 is 1. The number of para-hydroxylation sites is 1. The fraction of sp³-hybridized carbons (Fsp3) is 0.250. The van der Waals surface area contributed by atoms with E-state index >= 15 is 0 Å². The molecule has 3 aromatic rings. The van der Waals surface area contributed by atoms with Crippen molar-refractivity contribution in [3.8, 4) is 0 Å². The predicted molar refractivity (Wildman–Crippen MR) is 99.4 cm³/mol. The van der Waals surface area contributed by atoms with Crippen LogP contribution in [-0.4, -0.2) is 24.7 Å². The first-order valence-corrected chi connectivity index (χ1v) is 8.40. The van der Waals surface area contributed by atoms with Crippen LogP contribution in [0.4, 0.5) is 4.79 Å². The summed E-state index contributed by atoms with van der Waals surface area (Å²) in [6.45, 7) is 1.62. The minimum atomic E-state index is -0.160. The fourth-order valence-corrected chi connectivity index (χ4v) is 2.91. The number of urea groups is 1. The van der Waals surface area contributed by atoms with Gasteiger partial charge in [0.25, 0.3) is 0 Å². The van der Waals surface area contributed by atoms with Gasteiger partial charge in [-0.1, -0.05) is 42.5 Å². The molecule has 2 aromatic carbocycles. The van der Waals surface area contributed by atoms with Gasteiger partial charge in [0, 0.05) is 37.3 Å². The molecule has 0 atom stereocenters. The lowest BCUT2D eigenvalue weighted by atomic mass is 10.1. The third kappa shape index (κ3) is 4.39. The van der Waals surface area contributed by atoms with E-state index in [1.807, 2.05) is 42.6 Å². The Kier molecular flexibility index (Phi) is 5.69. The van der Waals surface area contributed by atoms with Crippen LogP contribution >= 0.6 is 0 Å². The number of carbonyl (C=O) groups is 1. The molecule has 3 N–H and O–H groups in total. The van der Waals surface area contributed by atoms with Crippen LogP contribution in [-0.2, 0) is 24.3 Å². The second-order valence-corrected chi connectivity index (χ2v) is 5.92. The second-order valence-electron chi connectivity index (χ2n) is 5.92. The van der Waals surface area contributed by atoms with Crippen LogP contribution in [0.1, 0.15) is 16.7 Å². The van der Waals surface area contributed by atoms with Gasteiger partial charge < -0.3 is 20.4 Å². The summed E-state index contributed by atoms with van der Waals surface area (Å²) < 4.78 is 5.19. The van der Waals surface area contributed by atoms with E-state index in [9.17, 15) is 4.79 Å². The Balaban J connectivity index is 1.47. The highest BCUT2D eigenvalue weighted by Gasteiger charge is 2.06. The van der Waals surface area contributed by atoms with Gasteiger partial charge in [-0.2, -0.15) is 0 Å². The standard InChI is InChI=1S/C20H23N3O2/c1-25-14-17-7-3-2-6-15(17)12-23-20(24)21-11-10-16-13-22-19-9-5-4-8-18(16)19/h2-9,13,22H,10-12,14H2,1H3,(H2,21,23,24). The number of rotatable bonds is 7. The number of H-pyrrole nitrogens is 1. The number of ether oxygens (including phenoxy) is 1. The van der Waals surface area contributed by atoms with E-state index in [1.165, 1.54) is 10.9 Å². The van der Waals surface area contributed by atoms with Gasteiger partial charge in [0.15, 0.2) is 0 Å². The number of aromatic amines is 1. The fourth-order valence-electron chi connectivity index (χ4n) is 2.91. The van der Waals surface area contributed by atoms with Crippen molar-refractivity contribution in [1.82, 2.24) is 15.6 Å². The van der Waals surface area contributed by atoms with Crippen molar-refractivity contribution < 1.29 is 9.53 Å². The van der Waals surface area contributed by atoms with Crippen molar-refractivity contribution >= 4 is 16.9 Å². The van der Waals surface area contributed by atoms with E-state index in [1.54, 1.807) is 7.11 Å². The Labute approximate surface area is 147 Å². The number of benzene rings is 2. The van der Waals surface area contributed by atoms with Crippen LogP contribution in [0.15, 0.2) is 54.7 Å². The van der Waals surface area contributed by atoms with E-state index in [2.05, 4.69) is 27.8 Å². The molecular formula is C20H23N3O2. The Morgan fingerprint density at radius 3 is 2.60 bits per heavy atom. The van der Waals surface area contributed by atoms with Crippen LogP contribution in [0.2, 0.25) is 0 Å². The number of fused-ring (bicyclic) bond motifs is 1. The maximum atomic E-state index is 12.0. The van der Waals surface area contributed by atoms with Gasteiger partial charge in [-0.3, -0.25) is 0 Å². The smallest absolute Gasteiger partial charge is 0.315 e. The van der Waals surface area contributed by atoms with E-state index in [0.717, 1.165) is 23.1 Å². The summed E-state index contributed by atoms with van der Waals surface area (Å²) in [5.41, 5.74) is 4.48. The third-order valence-corrected chi connectivity index (χ3v) is 4.21. The molecule has 0 bridgehead atoms. The molecule has 1 heterocycles. The first-order chi connectivity index (χ1) is 12.3. The monoisotopic (exact) mass is 337 g/mol. The molecule has 130 valence electrons. The summed E-state index contributed by atoms with van der Waals surface area (Å²) in [5, 5.41) is 7.02. The molecule has 0 spiro atoms. The number of aromatic nitrogens is 1. The van der Waals surface area contributed by atoms with Crippen molar-refractivity contribution in [2.45, 2.75) is 19.6 Å². The Hall–Kier alpha value is -2.79. The molecule has 5 nitrogen and oxygen atoms in total. The van der Waals surface area contributed by atoms with Crippen molar-refractivity contribution in [2.75, 3.05) is 13.7 Å². The summed E-state index contributed by atoms with van der Waals surface area (Å²) in [6.07, 6.45) is 2.79. The average Bonchev–Trinajstić information content (AvgIpc) is 3.05. The van der Waals surface area contributed by atoms with E-state index in [-0.39, 0.29) is 6.03 Å². The molecular weight excluding hydrogens is 314 g/mol. The van der Waals surface area contributed by atoms with Crippen LogP contribution in [0, 0.1) is 0 Å². The molecule has 3 rings (SSSR count). The topological polar surface area (TPSA) is 66.2 Å². The molecule has 0 fully saturated rings. The number of hydrogen-bond acceptors (Lipinski definition) is 2. The lowest BCUT2D eigenvalue weighted by Gasteiger charge is -2.11. The number of amides is 2. The van der Waals surface area contributed by atoms with Crippen LogP contribution < -0.4 is 10.6 Å². The molecule has 2 amide bonds. The summed E-state index contributed by atoms with van der Waals surface area (Å²) >= 11 is 0. The summed E-state index contributed by atoms with van der Waals surface area (Å²) in [7, 11) is 1.67. The molecule has 0 saturated carbocycles. The Bertz CT molecular complexity index is 842. The third-order valence-electron chi connectivity index (χ3n) is 4.21. The number of hydrogen-bond donors (Lipinski definition) is 3. The summed E-state index contributed by atoms with van der Waals surface area (Å²) in [5.74, 6) is 0. The largest absolute Gasteiger partial charge is 0.380 e. The van der Waals surface area contributed by atoms with Gasteiger partial charge in [-0.05, 0) is 29.2 Å². The molecule has 5 heteroatoms. The first kappa shape index (κ1) is 17.0. The van der Waals surface area contributed by atoms with E-state index in [0.29, 0.717) is 19.7 Å². The minimum absolute atomic E-state index is 0.160. The van der Waals surface area contributed by atoms with Gasteiger partial charge in [-0.15, -0.1) is 0 Å². The highest BCUT2D eigenvalue weighted by molar-refractivity contribution is 5.83. The Morgan fingerprint density at radius 1 is 1.00 bits per heavy atom. The van der Waals surface area contributed by atoms with E-state index in [4.69, 9.17) is 4.74 Å². The zero-order valence-corrected chi connectivity index (χ0v) is 14.3. The van der Waals surface area contributed by atoms with Gasteiger partial charge in [0.1, 0.15) is 0 Å². The van der Waals surface area contributed by atoms with Gasteiger partial charge >= 0.3 is 6.03 Å². The second kappa shape index (κ2) is 8.35. The van der Waals surface area contributed by atoms with E-state index < -0.39 is 0 Å². The molecule has 0 radical (unpaired) electrons. The predicted octanol–water partition coefficient (Wildman–Crippen LogP) is 3.36. The van der Waals surface area contributed by atoms with Gasteiger partial charge in [0.05, 0.1) is 6.61 Å². The maximum absolute atomic E-state index is 12.0. The van der Waals surface area contributed by atoms with Crippen LogP contribution in [0.25, 0.3) is 10.9 Å². The molecule has 0 unspecified atom stereocenters. The van der Waals surface area contributed by atoms with Crippen LogP contribution in [0.5, 0.6) is 0 Å². The van der Waals surface area contributed by atoms with Crippen molar-refractivity contribution in [3.05, 3.63) is 71.4 Å². The van der Waals surface area contributed by atoms with Gasteiger partial charge in [-0.25, -0.2) is 4.79 Å². The molecule has 1 aromatic heterocycles. The maximum Gasteiger partial charge on any atom is 0.315 e. The lowest BCUT2D eigenvalue weighted by Crippen LogP contribution is -2.36. The number of nitrogens with one attached hydrogen (secondary N) is 3. The van der Waals surface area contributed by atoms with Crippen LogP contribution in [0.3, 0.4) is 0 Å². The van der Waals surface area contributed by atoms with Gasteiger partial charge in [0.2, 0.25) is 0 Å². The highest BCUT2D eigenvalue weighted by Crippen LogP contribution is 2.17. The quantitative estimate of drug-likeness (QED) is 0.619. The molecule has 25 heavy (non-hydrogen) atoms. The van der Waals surface area contributed by atoms with Crippen molar-refractivity contribution in [2.24, 2.45) is 0 Å². The Morgan fingerprint density at radius 2 is 1.76 bits per heavy atom. The van der Waals surface area contributed by atoms with Crippen molar-refractivity contribution in [1.29, 1.82) is 0 Å². The zero-order valence-electron chi connectivity index (χ0n) is 14.3.